The first-order valence-corrected chi connectivity index (χ1v) is 8.02. The first-order chi connectivity index (χ1) is 12.0. The third kappa shape index (κ3) is 3.85. The van der Waals surface area contributed by atoms with E-state index in [4.69, 9.17) is 4.74 Å². The van der Waals surface area contributed by atoms with Crippen LogP contribution < -0.4 is 5.32 Å². The van der Waals surface area contributed by atoms with Gasteiger partial charge >= 0.3 is 5.97 Å². The number of esters is 1. The van der Waals surface area contributed by atoms with Crippen LogP contribution in [0.5, 0.6) is 0 Å². The van der Waals surface area contributed by atoms with Crippen LogP contribution in [-0.4, -0.2) is 28.2 Å². The Kier molecular flexibility index (Phi) is 4.79. The minimum atomic E-state index is -0.909. The first-order valence-electron chi connectivity index (χ1n) is 8.02. The fraction of sp³-hybridized carbons (Fsp3) is 0.211. The molecule has 0 radical (unpaired) electrons. The summed E-state index contributed by atoms with van der Waals surface area (Å²) >= 11 is 0. The number of fused-ring (bicyclic) bond motifs is 1. The standard InChI is InChI=1S/C19H19N3O3/c1-12-7-9-14(10-8-12)11-20-18(23)13(2)25-19(24)17-15-5-3-4-6-16(15)21-22-17/h3-10,13H,11H2,1-2H3,(H,20,23)(H,21,22)/t13-/m0/s1. The van der Waals surface area contributed by atoms with Gasteiger partial charge in [-0.1, -0.05) is 48.0 Å². The molecule has 2 N–H and O–H groups in total. The van der Waals surface area contributed by atoms with Crippen LogP contribution in [0, 0.1) is 6.92 Å². The molecule has 3 aromatic rings. The van der Waals surface area contributed by atoms with E-state index in [1.807, 2.05) is 49.4 Å². The maximum absolute atomic E-state index is 12.3. The Hall–Kier alpha value is -3.15. The number of aromatic nitrogens is 2. The Labute approximate surface area is 145 Å². The topological polar surface area (TPSA) is 84.1 Å². The molecule has 1 atom stereocenters. The van der Waals surface area contributed by atoms with Crippen molar-refractivity contribution in [1.82, 2.24) is 15.5 Å². The maximum atomic E-state index is 12.3. The van der Waals surface area contributed by atoms with Crippen LogP contribution in [0.3, 0.4) is 0 Å². The molecule has 3 rings (SSSR count). The summed E-state index contributed by atoms with van der Waals surface area (Å²) in [5.74, 6) is -0.982. The number of aryl methyl sites for hydroxylation is 1. The number of carbonyl (C=O) groups excluding carboxylic acids is 2. The van der Waals surface area contributed by atoms with Crippen molar-refractivity contribution in [3.63, 3.8) is 0 Å². The lowest BCUT2D eigenvalue weighted by molar-refractivity contribution is -0.129. The predicted octanol–water partition coefficient (Wildman–Crippen LogP) is 2.73. The van der Waals surface area contributed by atoms with E-state index in [-0.39, 0.29) is 11.6 Å². The molecule has 2 aromatic carbocycles. The fourth-order valence-corrected chi connectivity index (χ4v) is 2.43. The van der Waals surface area contributed by atoms with Gasteiger partial charge in [0.1, 0.15) is 0 Å². The summed E-state index contributed by atoms with van der Waals surface area (Å²) in [5.41, 5.74) is 3.05. The number of hydrogen-bond donors (Lipinski definition) is 2. The molecule has 0 fully saturated rings. The van der Waals surface area contributed by atoms with Gasteiger partial charge in [0.15, 0.2) is 11.8 Å². The van der Waals surface area contributed by atoms with Gasteiger partial charge in [0.25, 0.3) is 5.91 Å². The van der Waals surface area contributed by atoms with Crippen LogP contribution in [-0.2, 0) is 16.1 Å². The smallest absolute Gasteiger partial charge is 0.360 e. The Balaban J connectivity index is 1.59. The summed E-state index contributed by atoms with van der Waals surface area (Å²) in [6, 6.07) is 15.1. The average Bonchev–Trinajstić information content (AvgIpc) is 3.05. The van der Waals surface area contributed by atoms with E-state index in [2.05, 4.69) is 15.5 Å². The molecule has 0 saturated heterocycles. The summed E-state index contributed by atoms with van der Waals surface area (Å²) in [5, 5.41) is 10.2. The highest BCUT2D eigenvalue weighted by atomic mass is 16.5. The number of hydrogen-bond acceptors (Lipinski definition) is 4. The molecule has 0 bridgehead atoms. The van der Waals surface area contributed by atoms with E-state index < -0.39 is 12.1 Å². The summed E-state index contributed by atoms with van der Waals surface area (Å²) < 4.78 is 5.24. The van der Waals surface area contributed by atoms with Gasteiger partial charge in [-0.2, -0.15) is 5.10 Å². The number of carbonyl (C=O) groups is 2. The predicted molar refractivity (Wildman–Crippen MR) is 94.0 cm³/mol. The normalized spacial score (nSPS) is 11.9. The van der Waals surface area contributed by atoms with Gasteiger partial charge < -0.3 is 10.1 Å². The number of aromatic amines is 1. The van der Waals surface area contributed by atoms with Crippen LogP contribution in [0.25, 0.3) is 10.9 Å². The van der Waals surface area contributed by atoms with Crippen molar-refractivity contribution >= 4 is 22.8 Å². The summed E-state index contributed by atoms with van der Waals surface area (Å²) in [4.78, 5) is 24.4. The second kappa shape index (κ2) is 7.17. The van der Waals surface area contributed by atoms with Gasteiger partial charge in [-0.3, -0.25) is 9.89 Å². The van der Waals surface area contributed by atoms with Crippen LogP contribution in [0.15, 0.2) is 48.5 Å². The quantitative estimate of drug-likeness (QED) is 0.701. The second-order valence-corrected chi connectivity index (χ2v) is 5.87. The van der Waals surface area contributed by atoms with Gasteiger partial charge in [-0.05, 0) is 25.5 Å². The maximum Gasteiger partial charge on any atom is 0.360 e. The Morgan fingerprint density at radius 3 is 2.64 bits per heavy atom. The molecule has 1 aromatic heterocycles. The van der Waals surface area contributed by atoms with Crippen molar-refractivity contribution in [2.24, 2.45) is 0 Å². The Morgan fingerprint density at radius 2 is 1.88 bits per heavy atom. The number of nitrogens with zero attached hydrogens (tertiary/aromatic N) is 1. The van der Waals surface area contributed by atoms with E-state index in [0.29, 0.717) is 11.9 Å². The van der Waals surface area contributed by atoms with Crippen molar-refractivity contribution in [2.45, 2.75) is 26.5 Å². The molecule has 0 aliphatic carbocycles. The van der Waals surface area contributed by atoms with Gasteiger partial charge in [-0.15, -0.1) is 0 Å². The highest BCUT2D eigenvalue weighted by Gasteiger charge is 2.22. The number of rotatable bonds is 5. The lowest BCUT2D eigenvalue weighted by Crippen LogP contribution is -2.35. The minimum Gasteiger partial charge on any atom is -0.448 e. The van der Waals surface area contributed by atoms with Crippen LogP contribution >= 0.6 is 0 Å². The molecule has 0 unspecified atom stereocenters. The highest BCUT2D eigenvalue weighted by molar-refractivity contribution is 6.02. The van der Waals surface area contributed by atoms with E-state index in [1.54, 1.807) is 6.07 Å². The van der Waals surface area contributed by atoms with Crippen molar-refractivity contribution in [3.8, 4) is 0 Å². The monoisotopic (exact) mass is 337 g/mol. The van der Waals surface area contributed by atoms with E-state index in [9.17, 15) is 9.59 Å². The molecular weight excluding hydrogens is 318 g/mol. The second-order valence-electron chi connectivity index (χ2n) is 5.87. The summed E-state index contributed by atoms with van der Waals surface area (Å²) in [6.45, 7) is 3.92. The largest absolute Gasteiger partial charge is 0.448 e. The molecule has 1 amide bonds. The number of ether oxygens (including phenoxy) is 1. The molecule has 1 heterocycles. The zero-order chi connectivity index (χ0) is 17.8. The SMILES string of the molecule is Cc1ccc(CNC(=O)[C@H](C)OC(=O)c2n[nH]c3ccccc23)cc1. The average molecular weight is 337 g/mol. The lowest BCUT2D eigenvalue weighted by atomic mass is 10.1. The fourth-order valence-electron chi connectivity index (χ4n) is 2.43. The molecule has 25 heavy (non-hydrogen) atoms. The van der Waals surface area contributed by atoms with Crippen LogP contribution in [0.1, 0.15) is 28.5 Å². The number of amides is 1. The number of benzene rings is 2. The molecule has 128 valence electrons. The third-order valence-corrected chi connectivity index (χ3v) is 3.90. The van der Waals surface area contributed by atoms with Crippen molar-refractivity contribution < 1.29 is 14.3 Å². The molecule has 6 heteroatoms. The Bertz CT molecular complexity index is 900. The van der Waals surface area contributed by atoms with Crippen LogP contribution in [0.4, 0.5) is 0 Å². The number of para-hydroxylation sites is 1. The molecule has 0 aliphatic rings. The van der Waals surface area contributed by atoms with E-state index in [0.717, 1.165) is 16.6 Å². The van der Waals surface area contributed by atoms with E-state index >= 15 is 0 Å². The van der Waals surface area contributed by atoms with Gasteiger partial charge in [0.05, 0.1) is 5.52 Å². The molecule has 0 spiro atoms. The first kappa shape index (κ1) is 16.7. The Morgan fingerprint density at radius 1 is 1.16 bits per heavy atom. The van der Waals surface area contributed by atoms with Crippen LogP contribution in [0.2, 0.25) is 0 Å². The molecule has 0 saturated carbocycles. The van der Waals surface area contributed by atoms with Crippen molar-refractivity contribution in [1.29, 1.82) is 0 Å². The third-order valence-electron chi connectivity index (χ3n) is 3.90. The van der Waals surface area contributed by atoms with Gasteiger partial charge in [-0.25, -0.2) is 4.79 Å². The zero-order valence-corrected chi connectivity index (χ0v) is 14.1. The van der Waals surface area contributed by atoms with Crippen molar-refractivity contribution in [3.05, 3.63) is 65.4 Å². The minimum absolute atomic E-state index is 0.175. The van der Waals surface area contributed by atoms with Crippen molar-refractivity contribution in [2.75, 3.05) is 0 Å². The number of nitrogens with one attached hydrogen (secondary N) is 2. The summed E-state index contributed by atoms with van der Waals surface area (Å²) in [7, 11) is 0. The number of H-pyrrole nitrogens is 1. The van der Waals surface area contributed by atoms with Gasteiger partial charge in [0.2, 0.25) is 0 Å². The highest BCUT2D eigenvalue weighted by Crippen LogP contribution is 2.16. The zero-order valence-electron chi connectivity index (χ0n) is 14.1. The van der Waals surface area contributed by atoms with E-state index in [1.165, 1.54) is 6.92 Å². The molecular formula is C19H19N3O3. The van der Waals surface area contributed by atoms with Gasteiger partial charge in [0, 0.05) is 11.9 Å². The summed E-state index contributed by atoms with van der Waals surface area (Å²) in [6.07, 6.45) is -0.909. The molecule has 6 nitrogen and oxygen atoms in total. The lowest BCUT2D eigenvalue weighted by Gasteiger charge is -2.13. The molecule has 0 aliphatic heterocycles.